The number of carbonyl (C=O) groups is 10. The maximum absolute atomic E-state index is 13.9. The summed E-state index contributed by atoms with van der Waals surface area (Å²) in [6.45, 7) is 9.83. The minimum atomic E-state index is -1.96. The van der Waals surface area contributed by atoms with Crippen molar-refractivity contribution in [3.63, 3.8) is 0 Å². The zero-order valence-corrected chi connectivity index (χ0v) is 41.0. The highest BCUT2D eigenvalue weighted by Gasteiger charge is 2.36. The van der Waals surface area contributed by atoms with Crippen LogP contribution in [0.25, 0.3) is 0 Å². The topological polar surface area (TPSA) is 403 Å². The number of aromatic amines is 1. The van der Waals surface area contributed by atoms with E-state index in [0.29, 0.717) is 18.4 Å². The van der Waals surface area contributed by atoms with Crippen LogP contribution in [0.3, 0.4) is 0 Å². The van der Waals surface area contributed by atoms with Crippen molar-refractivity contribution in [2.75, 3.05) is 13.2 Å². The van der Waals surface area contributed by atoms with Gasteiger partial charge in [-0.2, -0.15) is 0 Å². The first-order valence-corrected chi connectivity index (χ1v) is 23.3. The van der Waals surface area contributed by atoms with Gasteiger partial charge in [-0.15, -0.1) is 0 Å². The second-order valence-corrected chi connectivity index (χ2v) is 17.8. The third kappa shape index (κ3) is 20.5. The molecule has 0 aliphatic heterocycles. The molecule has 0 unspecified atom stereocenters. The SMILES string of the molecule is CC[C@H](C)[C@H](N)C(=O)N[C@@H](Cc1ccccc1)C(=O)N[C@H](C(=O)N[C@@H](Cc1cnc[nH]1)C(=O)N[C@@H](CC(=O)O)C(=O)N[C@@H](CO)C(=O)NCC(=O)N[C@@H](CC(C)C)C(=O)N[C@H](C(=O)O)[C@@H](C)CC)[C@@H](C)O. The molecule has 0 radical (unpaired) electrons. The second-order valence-electron chi connectivity index (χ2n) is 17.8. The predicted octanol–water partition coefficient (Wildman–Crippen LogP) is -2.90. The molecule has 1 aromatic carbocycles. The molecule has 0 spiro atoms. The fourth-order valence-electron chi connectivity index (χ4n) is 6.88. The lowest BCUT2D eigenvalue weighted by Crippen LogP contribution is -2.62. The molecule has 25 nitrogen and oxygen atoms in total. The smallest absolute Gasteiger partial charge is 0.326 e. The number of nitrogens with two attached hydrogens (primary N) is 1. The molecule has 1 heterocycles. The molecule has 11 atom stereocenters. The van der Waals surface area contributed by atoms with Gasteiger partial charge < -0.3 is 73.7 Å². The van der Waals surface area contributed by atoms with Crippen molar-refractivity contribution in [1.29, 1.82) is 0 Å². The van der Waals surface area contributed by atoms with Gasteiger partial charge >= 0.3 is 11.9 Å². The Labute approximate surface area is 411 Å². The number of aliphatic hydroxyl groups excluding tert-OH is 2. The van der Waals surface area contributed by atoms with Crippen molar-refractivity contribution in [1.82, 2.24) is 52.5 Å². The average molecular weight is 1000 g/mol. The molecule has 25 heteroatoms. The van der Waals surface area contributed by atoms with E-state index < -0.39 is 139 Å². The Hall–Kier alpha value is -6.99. The summed E-state index contributed by atoms with van der Waals surface area (Å²) in [5.41, 5.74) is 7.04. The maximum Gasteiger partial charge on any atom is 0.326 e. The molecular formula is C46H71N11O14. The number of benzene rings is 1. The molecule has 15 N–H and O–H groups in total. The minimum Gasteiger partial charge on any atom is -0.481 e. The van der Waals surface area contributed by atoms with Crippen molar-refractivity contribution in [2.45, 2.75) is 141 Å². The average Bonchev–Trinajstić information content (AvgIpc) is 3.84. The number of hydrogen-bond donors (Lipinski definition) is 14. The summed E-state index contributed by atoms with van der Waals surface area (Å²) in [4.78, 5) is 138. The van der Waals surface area contributed by atoms with Gasteiger partial charge in [-0.05, 0) is 36.7 Å². The van der Waals surface area contributed by atoms with Crippen LogP contribution in [0.15, 0.2) is 42.9 Å². The number of amides is 8. The molecule has 0 aliphatic carbocycles. The second kappa shape index (κ2) is 29.9. The Morgan fingerprint density at radius 3 is 1.70 bits per heavy atom. The van der Waals surface area contributed by atoms with E-state index in [0.717, 1.165) is 0 Å². The Morgan fingerprint density at radius 2 is 1.17 bits per heavy atom. The van der Waals surface area contributed by atoms with Crippen LogP contribution in [-0.4, -0.2) is 157 Å². The maximum atomic E-state index is 13.9. The van der Waals surface area contributed by atoms with Gasteiger partial charge in [0.25, 0.3) is 0 Å². The lowest BCUT2D eigenvalue weighted by molar-refractivity contribution is -0.144. The fourth-order valence-corrected chi connectivity index (χ4v) is 6.88. The molecule has 1 aromatic heterocycles. The van der Waals surface area contributed by atoms with Crippen molar-refractivity contribution in [2.24, 2.45) is 23.5 Å². The van der Waals surface area contributed by atoms with Crippen LogP contribution in [0.4, 0.5) is 0 Å². The standard InChI is InChI=1S/C46H71N11O14/c1-8-24(5)36(47)44(68)53-30(16-27-13-11-10-12-14-27)43(67)57-38(26(7)59)45(69)54-31(17-28-19-48-22-50-28)40(64)52-32(18-35(61)62)41(65)55-33(21-58)39(63)49-20-34(60)51-29(15-23(3)4)42(66)56-37(46(70)71)25(6)9-2/h10-14,19,22-26,29-33,36-38,58-59H,8-9,15-18,20-21,47H2,1-7H3,(H,48,50)(H,49,63)(H,51,60)(H,52,64)(H,53,68)(H,54,69)(H,55,65)(H,56,66)(H,57,67)(H,61,62)(H,70,71)/t24-,25-,26+,29-,30-,31-,32-,33-,36-,37-,38-/m0/s1. The zero-order valence-electron chi connectivity index (χ0n) is 41.0. The summed E-state index contributed by atoms with van der Waals surface area (Å²) < 4.78 is 0. The predicted molar refractivity (Wildman–Crippen MR) is 254 cm³/mol. The number of imidazole rings is 1. The number of nitrogens with one attached hydrogen (secondary N) is 9. The Bertz CT molecular complexity index is 2110. The van der Waals surface area contributed by atoms with E-state index in [9.17, 15) is 68.4 Å². The molecular weight excluding hydrogens is 931 g/mol. The van der Waals surface area contributed by atoms with Gasteiger partial charge in [0, 0.05) is 24.7 Å². The van der Waals surface area contributed by atoms with Crippen molar-refractivity contribution >= 4 is 59.2 Å². The molecule has 71 heavy (non-hydrogen) atoms. The van der Waals surface area contributed by atoms with Gasteiger partial charge in [0.05, 0.1) is 38.0 Å². The summed E-state index contributed by atoms with van der Waals surface area (Å²) in [6, 6.07) is -3.27. The van der Waals surface area contributed by atoms with Crippen molar-refractivity contribution < 1.29 is 68.4 Å². The number of aliphatic hydroxyl groups is 2. The van der Waals surface area contributed by atoms with Crippen molar-refractivity contribution in [3.05, 3.63) is 54.1 Å². The highest BCUT2D eigenvalue weighted by molar-refractivity contribution is 5.98. The minimum absolute atomic E-state index is 0.0403. The lowest BCUT2D eigenvalue weighted by Gasteiger charge is -2.28. The molecule has 2 aromatic rings. The van der Waals surface area contributed by atoms with Gasteiger partial charge in [0.1, 0.15) is 42.3 Å². The Morgan fingerprint density at radius 1 is 0.634 bits per heavy atom. The molecule has 2 rings (SSSR count). The van der Waals surface area contributed by atoms with Crippen LogP contribution in [-0.2, 0) is 60.8 Å². The fraction of sp³-hybridized carbons (Fsp3) is 0.587. The molecule has 0 saturated heterocycles. The van der Waals surface area contributed by atoms with Gasteiger partial charge in [-0.3, -0.25) is 43.2 Å². The third-order valence-corrected chi connectivity index (χ3v) is 11.5. The first-order chi connectivity index (χ1) is 33.4. The molecule has 0 fully saturated rings. The quantitative estimate of drug-likeness (QED) is 0.0360. The van der Waals surface area contributed by atoms with E-state index >= 15 is 0 Å². The van der Waals surface area contributed by atoms with Crippen LogP contribution in [0, 0.1) is 17.8 Å². The van der Waals surface area contributed by atoms with Crippen LogP contribution >= 0.6 is 0 Å². The summed E-state index contributed by atoms with van der Waals surface area (Å²) in [5, 5.41) is 59.0. The van der Waals surface area contributed by atoms with E-state index in [1.54, 1.807) is 65.0 Å². The highest BCUT2D eigenvalue weighted by Crippen LogP contribution is 2.12. The number of aliphatic carboxylic acids is 2. The molecule has 394 valence electrons. The molecule has 0 aliphatic rings. The third-order valence-electron chi connectivity index (χ3n) is 11.5. The van der Waals surface area contributed by atoms with Gasteiger partial charge in [0.15, 0.2) is 0 Å². The van der Waals surface area contributed by atoms with E-state index in [2.05, 4.69) is 52.5 Å². The molecule has 8 amide bonds. The number of carbonyl (C=O) groups excluding carboxylic acids is 8. The molecule has 0 bridgehead atoms. The zero-order chi connectivity index (χ0) is 53.5. The van der Waals surface area contributed by atoms with Crippen LogP contribution in [0.2, 0.25) is 0 Å². The lowest BCUT2D eigenvalue weighted by atomic mass is 9.97. The van der Waals surface area contributed by atoms with Crippen LogP contribution in [0.1, 0.15) is 85.4 Å². The van der Waals surface area contributed by atoms with Gasteiger partial charge in [0.2, 0.25) is 47.3 Å². The number of H-pyrrole nitrogens is 1. The number of carboxylic acids is 2. The Kier molecular flexibility index (Phi) is 25.3. The summed E-state index contributed by atoms with van der Waals surface area (Å²) in [6.07, 6.45) is 0.579. The van der Waals surface area contributed by atoms with E-state index in [-0.39, 0.29) is 36.8 Å². The first-order valence-electron chi connectivity index (χ1n) is 23.3. The summed E-state index contributed by atoms with van der Waals surface area (Å²) >= 11 is 0. The number of carboxylic acid groups (broad SMARTS) is 2. The van der Waals surface area contributed by atoms with Gasteiger partial charge in [-0.25, -0.2) is 9.78 Å². The Balaban J connectivity index is 2.28. The highest BCUT2D eigenvalue weighted by atomic mass is 16.4. The normalized spacial score (nSPS) is 15.8. The summed E-state index contributed by atoms with van der Waals surface area (Å²) in [5.74, 6) is -11.6. The molecule has 0 saturated carbocycles. The van der Waals surface area contributed by atoms with E-state index in [1.165, 1.54) is 19.4 Å². The number of nitrogens with zero attached hydrogens (tertiary/aromatic N) is 1. The van der Waals surface area contributed by atoms with E-state index in [4.69, 9.17) is 5.73 Å². The monoisotopic (exact) mass is 1000 g/mol. The number of rotatable bonds is 31. The van der Waals surface area contributed by atoms with E-state index in [1.807, 2.05) is 6.92 Å². The largest absolute Gasteiger partial charge is 0.481 e. The van der Waals surface area contributed by atoms with Crippen LogP contribution in [0.5, 0.6) is 0 Å². The first kappa shape index (κ1) is 60.1. The number of aromatic nitrogens is 2. The van der Waals surface area contributed by atoms with Crippen molar-refractivity contribution in [3.8, 4) is 0 Å². The van der Waals surface area contributed by atoms with Gasteiger partial charge in [-0.1, -0.05) is 84.7 Å². The summed E-state index contributed by atoms with van der Waals surface area (Å²) in [7, 11) is 0. The number of hydrogen-bond acceptors (Lipinski definition) is 14. The van der Waals surface area contributed by atoms with Crippen LogP contribution < -0.4 is 48.3 Å².